The zero-order valence-corrected chi connectivity index (χ0v) is 22.5. The third-order valence-electron chi connectivity index (χ3n) is 7.85. The summed E-state index contributed by atoms with van der Waals surface area (Å²) in [6, 6.07) is 4.64. The lowest BCUT2D eigenvalue weighted by molar-refractivity contribution is -0.124. The van der Waals surface area contributed by atoms with Gasteiger partial charge < -0.3 is 20.1 Å². The Morgan fingerprint density at radius 2 is 1.73 bits per heavy atom. The van der Waals surface area contributed by atoms with E-state index in [0.29, 0.717) is 29.6 Å². The first-order valence-electron chi connectivity index (χ1n) is 12.7. The van der Waals surface area contributed by atoms with Crippen molar-refractivity contribution in [3.8, 4) is 11.5 Å². The number of hydrogen-bond donors (Lipinski definition) is 2. The van der Waals surface area contributed by atoms with Gasteiger partial charge in [0.1, 0.15) is 0 Å². The highest BCUT2D eigenvalue weighted by Gasteiger charge is 2.52. The lowest BCUT2D eigenvalue weighted by atomic mass is 9.48. The summed E-state index contributed by atoms with van der Waals surface area (Å²) in [5.41, 5.74) is 1.36. The van der Waals surface area contributed by atoms with Crippen molar-refractivity contribution in [2.75, 3.05) is 13.2 Å². The molecule has 4 saturated carbocycles. The van der Waals surface area contributed by atoms with Crippen molar-refractivity contribution in [2.24, 2.45) is 23.2 Å². The fraction of sp³-hybridized carbons (Fsp3) is 0.741. The van der Waals surface area contributed by atoms with E-state index in [-0.39, 0.29) is 18.1 Å². The first-order chi connectivity index (χ1) is 15.6. The maximum Gasteiger partial charge on any atom is 0.258 e. The van der Waals surface area contributed by atoms with Crippen LogP contribution in [0.1, 0.15) is 78.7 Å². The van der Waals surface area contributed by atoms with Crippen LogP contribution in [-0.4, -0.2) is 30.7 Å². The Morgan fingerprint density at radius 1 is 1.12 bits per heavy atom. The van der Waals surface area contributed by atoms with Crippen LogP contribution in [0.2, 0.25) is 0 Å². The largest absolute Gasteiger partial charge is 0.490 e. The quantitative estimate of drug-likeness (QED) is 0.429. The predicted octanol–water partition coefficient (Wildman–Crippen LogP) is 5.84. The van der Waals surface area contributed by atoms with E-state index >= 15 is 0 Å². The average Bonchev–Trinajstić information content (AvgIpc) is 2.69. The van der Waals surface area contributed by atoms with E-state index in [0.717, 1.165) is 34.3 Å². The molecule has 0 aliphatic heterocycles. The molecule has 4 aliphatic carbocycles. The first-order valence-corrected chi connectivity index (χ1v) is 13.5. The molecule has 6 heteroatoms. The van der Waals surface area contributed by atoms with Gasteiger partial charge in [-0.2, -0.15) is 0 Å². The highest BCUT2D eigenvalue weighted by Crippen LogP contribution is 2.61. The summed E-state index contributed by atoms with van der Waals surface area (Å²) >= 11 is 3.65. The van der Waals surface area contributed by atoms with Crippen molar-refractivity contribution < 1.29 is 14.3 Å². The fourth-order valence-corrected chi connectivity index (χ4v) is 7.52. The van der Waals surface area contributed by atoms with E-state index < -0.39 is 0 Å². The smallest absolute Gasteiger partial charge is 0.258 e. The highest BCUT2D eigenvalue weighted by atomic mass is 79.9. The van der Waals surface area contributed by atoms with E-state index in [1.165, 1.54) is 38.5 Å². The Morgan fingerprint density at radius 3 is 2.27 bits per heavy atom. The molecule has 4 bridgehead atoms. The summed E-state index contributed by atoms with van der Waals surface area (Å²) in [6.07, 6.45) is 8.66. The minimum Gasteiger partial charge on any atom is -0.490 e. The number of halogens is 1. The van der Waals surface area contributed by atoms with Gasteiger partial charge in [0.05, 0.1) is 11.1 Å². The summed E-state index contributed by atoms with van der Waals surface area (Å²) < 4.78 is 12.6. The van der Waals surface area contributed by atoms with E-state index in [1.807, 2.05) is 33.8 Å². The third kappa shape index (κ3) is 5.87. The van der Waals surface area contributed by atoms with Crippen LogP contribution in [0.3, 0.4) is 0 Å². The van der Waals surface area contributed by atoms with E-state index in [9.17, 15) is 4.79 Å². The van der Waals surface area contributed by atoms with Gasteiger partial charge in [-0.15, -0.1) is 0 Å². The normalized spacial score (nSPS) is 29.1. The number of rotatable bonds is 9. The molecular weight excluding hydrogens is 480 g/mol. The highest BCUT2D eigenvalue weighted by molar-refractivity contribution is 9.10. The number of nitrogens with one attached hydrogen (secondary N) is 2. The Bertz CT molecular complexity index is 828. The molecule has 0 spiro atoms. The van der Waals surface area contributed by atoms with Gasteiger partial charge in [-0.05, 0) is 130 Å². The van der Waals surface area contributed by atoms with Crippen LogP contribution >= 0.6 is 15.9 Å². The van der Waals surface area contributed by atoms with Gasteiger partial charge in [0.15, 0.2) is 18.1 Å². The number of carbonyl (C=O) groups excluding carboxylic acids is 1. The molecule has 33 heavy (non-hydrogen) atoms. The van der Waals surface area contributed by atoms with Crippen LogP contribution in [0.15, 0.2) is 16.6 Å². The molecular formula is C27H41BrN2O3. The number of benzene rings is 1. The van der Waals surface area contributed by atoms with E-state index in [2.05, 4.69) is 39.6 Å². The van der Waals surface area contributed by atoms with Gasteiger partial charge in [0.2, 0.25) is 0 Å². The van der Waals surface area contributed by atoms with Crippen molar-refractivity contribution >= 4 is 21.8 Å². The molecule has 0 saturated heterocycles. The molecule has 184 valence electrons. The Labute approximate surface area is 207 Å². The zero-order chi connectivity index (χ0) is 23.8. The van der Waals surface area contributed by atoms with E-state index in [4.69, 9.17) is 9.47 Å². The Hall–Kier alpha value is -1.27. The molecule has 5 nitrogen and oxygen atoms in total. The molecule has 4 fully saturated rings. The van der Waals surface area contributed by atoms with Gasteiger partial charge in [-0.3, -0.25) is 4.79 Å². The molecule has 5 rings (SSSR count). The number of hydrogen-bond acceptors (Lipinski definition) is 4. The lowest BCUT2D eigenvalue weighted by Gasteiger charge is -2.59. The van der Waals surface area contributed by atoms with Crippen LogP contribution in [0.5, 0.6) is 11.5 Å². The molecule has 0 radical (unpaired) electrons. The molecule has 0 heterocycles. The SMILES string of the molecule is CCOc1cc(CN[C@@H](C)C23CC4CC(CC(C4)C2)C3)cc(Br)c1OCC(=O)NC(C)(C)C. The third-order valence-corrected chi connectivity index (χ3v) is 8.44. The molecule has 4 aliphatic rings. The topological polar surface area (TPSA) is 59.6 Å². The summed E-state index contributed by atoms with van der Waals surface area (Å²) in [5.74, 6) is 4.00. The standard InChI is InChI=1S/C27H41BrN2O3/c1-6-32-23-11-21(10-22(28)25(23)33-16-24(31)30-26(3,4)5)15-29-17(2)27-12-18-7-19(13-27)9-20(8-18)14-27/h10-11,17-20,29H,6-9,12-16H2,1-5H3,(H,30,31)/t17-,18?,19?,20?,27?/m0/s1. The molecule has 0 aromatic heterocycles. The predicted molar refractivity (Wildman–Crippen MR) is 136 cm³/mol. The van der Waals surface area contributed by atoms with Crippen LogP contribution < -0.4 is 20.1 Å². The number of amides is 1. The number of carbonyl (C=O) groups is 1. The van der Waals surface area contributed by atoms with Gasteiger partial charge in [0, 0.05) is 18.1 Å². The second-order valence-electron chi connectivity index (χ2n) is 11.8. The van der Waals surface area contributed by atoms with Crippen LogP contribution in [-0.2, 0) is 11.3 Å². The van der Waals surface area contributed by atoms with Crippen molar-refractivity contribution in [1.82, 2.24) is 10.6 Å². The minimum absolute atomic E-state index is 0.0450. The Kier molecular flexibility index (Phi) is 7.35. The van der Waals surface area contributed by atoms with Crippen molar-refractivity contribution in [1.29, 1.82) is 0 Å². The summed E-state index contributed by atoms with van der Waals surface area (Å²) in [4.78, 5) is 12.2. The van der Waals surface area contributed by atoms with Crippen molar-refractivity contribution in [3.05, 3.63) is 22.2 Å². The zero-order valence-electron chi connectivity index (χ0n) is 20.9. The van der Waals surface area contributed by atoms with Gasteiger partial charge in [-0.25, -0.2) is 0 Å². The van der Waals surface area contributed by atoms with Crippen molar-refractivity contribution in [3.63, 3.8) is 0 Å². The molecule has 0 unspecified atom stereocenters. The van der Waals surface area contributed by atoms with Gasteiger partial charge in [0.25, 0.3) is 5.91 Å². The van der Waals surface area contributed by atoms with Crippen LogP contribution in [0.4, 0.5) is 0 Å². The fourth-order valence-electron chi connectivity index (χ4n) is 6.91. The maximum absolute atomic E-state index is 12.2. The van der Waals surface area contributed by atoms with Crippen LogP contribution in [0, 0.1) is 23.2 Å². The summed E-state index contributed by atoms with van der Waals surface area (Å²) in [7, 11) is 0. The first kappa shape index (κ1) is 24.8. The number of ether oxygens (including phenoxy) is 2. The maximum atomic E-state index is 12.2. The van der Waals surface area contributed by atoms with E-state index in [1.54, 1.807) is 0 Å². The molecule has 2 N–H and O–H groups in total. The minimum atomic E-state index is -0.288. The lowest BCUT2D eigenvalue weighted by Crippen LogP contribution is -2.54. The second-order valence-corrected chi connectivity index (χ2v) is 12.7. The molecule has 1 atom stereocenters. The second kappa shape index (κ2) is 9.77. The Balaban J connectivity index is 1.40. The summed E-state index contributed by atoms with van der Waals surface area (Å²) in [5, 5.41) is 6.80. The van der Waals surface area contributed by atoms with Crippen LogP contribution in [0.25, 0.3) is 0 Å². The molecule has 1 aromatic carbocycles. The van der Waals surface area contributed by atoms with Crippen molar-refractivity contribution in [2.45, 2.75) is 91.3 Å². The molecule has 1 amide bonds. The van der Waals surface area contributed by atoms with Gasteiger partial charge in [-0.1, -0.05) is 0 Å². The molecule has 1 aromatic rings. The summed E-state index contributed by atoms with van der Waals surface area (Å²) in [6.45, 7) is 11.5. The average molecular weight is 522 g/mol. The van der Waals surface area contributed by atoms with Gasteiger partial charge >= 0.3 is 0 Å². The monoisotopic (exact) mass is 520 g/mol.